The van der Waals surface area contributed by atoms with Crippen LogP contribution >= 0.6 is 11.6 Å². The molecule has 3 aliphatic rings. The van der Waals surface area contributed by atoms with E-state index in [1.165, 1.54) is 11.1 Å². The number of halogens is 1. The van der Waals surface area contributed by atoms with Crippen LogP contribution in [0.4, 0.5) is 5.69 Å². The molecule has 1 saturated carbocycles. The predicted molar refractivity (Wildman–Crippen MR) is 179 cm³/mol. The van der Waals surface area contributed by atoms with Gasteiger partial charge in [-0.3, -0.25) is 0 Å². The van der Waals surface area contributed by atoms with Gasteiger partial charge in [0.1, 0.15) is 5.75 Å². The molecule has 1 aliphatic heterocycles. The standard InChI is InChI=1S/C35H47ClN2O6S/c1-3-4-17-43-34(40)26-11-15-33-31(19-26)38(22-35(23-44-33)16-6-8-25-18-28(36)12-14-30(25)35)20-27-10-13-29(27)32(39)9-5-7-24(2)21-45(37,41)42/h5,9,11-12,14-15,18-19,24,27,29,32,39H,3-4,6-8,10,13,16-17,20-23H2,1-2H3,(H2,37,41,42)/t24-,27+,29-,32+,35?/m1/s1. The fraction of sp³-hybridized carbons (Fsp3) is 0.571. The molecular formula is C35H47ClN2O6S. The molecule has 1 unspecified atom stereocenters. The number of unbranched alkanes of at least 4 members (excludes halogenated alkanes) is 1. The summed E-state index contributed by atoms with van der Waals surface area (Å²) in [6.45, 7) is 6.27. The second-order valence-corrected chi connectivity index (χ2v) is 15.5. The van der Waals surface area contributed by atoms with Gasteiger partial charge in [0.05, 0.1) is 36.3 Å². The van der Waals surface area contributed by atoms with Gasteiger partial charge >= 0.3 is 5.97 Å². The zero-order valence-electron chi connectivity index (χ0n) is 26.4. The van der Waals surface area contributed by atoms with Crippen LogP contribution in [0.5, 0.6) is 5.75 Å². The average molecular weight is 659 g/mol. The highest BCUT2D eigenvalue weighted by atomic mass is 35.5. The summed E-state index contributed by atoms with van der Waals surface area (Å²) in [4.78, 5) is 15.3. The zero-order valence-corrected chi connectivity index (χ0v) is 28.0. The molecule has 0 amide bonds. The van der Waals surface area contributed by atoms with E-state index in [1.54, 1.807) is 6.07 Å². The molecule has 0 aromatic heterocycles. The van der Waals surface area contributed by atoms with E-state index < -0.39 is 16.1 Å². The topological polar surface area (TPSA) is 119 Å². The number of benzene rings is 2. The van der Waals surface area contributed by atoms with Crippen LogP contribution < -0.4 is 14.8 Å². The van der Waals surface area contributed by atoms with Gasteiger partial charge in [0.15, 0.2) is 0 Å². The van der Waals surface area contributed by atoms with Gasteiger partial charge in [-0.1, -0.05) is 50.1 Å². The highest BCUT2D eigenvalue weighted by molar-refractivity contribution is 7.89. The normalized spacial score (nSPS) is 24.2. The highest BCUT2D eigenvalue weighted by Gasteiger charge is 2.44. The first-order valence-electron chi connectivity index (χ1n) is 16.3. The van der Waals surface area contributed by atoms with Crippen molar-refractivity contribution >= 4 is 33.3 Å². The van der Waals surface area contributed by atoms with Crippen LogP contribution in [0, 0.1) is 17.8 Å². The molecule has 1 spiro atoms. The molecule has 0 radical (unpaired) electrons. The SMILES string of the molecule is CCCCOC(=O)c1ccc2c(c1)N(C[C@@H]1CC[C@H]1[C@@H](O)C=CC[C@@H](C)CS(N)(=O)=O)CC1(CCCc3cc(Cl)ccc31)CO2. The van der Waals surface area contributed by atoms with Crippen molar-refractivity contribution in [2.45, 2.75) is 76.7 Å². The number of carbonyl (C=O) groups is 1. The number of nitrogens with two attached hydrogens (primary N) is 1. The van der Waals surface area contributed by atoms with Crippen LogP contribution in [0.15, 0.2) is 48.6 Å². The summed E-state index contributed by atoms with van der Waals surface area (Å²) in [5, 5.41) is 17.1. The molecule has 5 atom stereocenters. The molecule has 45 heavy (non-hydrogen) atoms. The summed E-state index contributed by atoms with van der Waals surface area (Å²) in [5.41, 5.74) is 3.69. The number of hydrogen-bond acceptors (Lipinski definition) is 7. The van der Waals surface area contributed by atoms with E-state index in [4.69, 9.17) is 26.2 Å². The molecule has 1 heterocycles. The summed E-state index contributed by atoms with van der Waals surface area (Å²) >= 11 is 6.41. The number of ether oxygens (including phenoxy) is 2. The molecular weight excluding hydrogens is 612 g/mol. The summed E-state index contributed by atoms with van der Waals surface area (Å²) in [7, 11) is -3.53. The lowest BCUT2D eigenvalue weighted by atomic mass is 9.68. The lowest BCUT2D eigenvalue weighted by Gasteiger charge is -2.45. The van der Waals surface area contributed by atoms with Crippen molar-refractivity contribution in [2.75, 3.05) is 37.0 Å². The van der Waals surface area contributed by atoms with Gasteiger partial charge in [0.25, 0.3) is 0 Å². The smallest absolute Gasteiger partial charge is 0.338 e. The van der Waals surface area contributed by atoms with Gasteiger partial charge in [-0.15, -0.1) is 0 Å². The van der Waals surface area contributed by atoms with Gasteiger partial charge in [0, 0.05) is 23.5 Å². The quantitative estimate of drug-likeness (QED) is 0.162. The number of aliphatic hydroxyl groups excluding tert-OH is 1. The largest absolute Gasteiger partial charge is 0.490 e. The number of aryl methyl sites for hydroxylation is 1. The number of rotatable bonds is 12. The molecule has 5 rings (SSSR count). The second-order valence-electron chi connectivity index (χ2n) is 13.4. The van der Waals surface area contributed by atoms with E-state index in [2.05, 4.69) is 24.0 Å². The third-order valence-electron chi connectivity index (χ3n) is 9.76. The van der Waals surface area contributed by atoms with Crippen LogP contribution in [-0.4, -0.2) is 57.7 Å². The first-order chi connectivity index (χ1) is 21.5. The fourth-order valence-electron chi connectivity index (χ4n) is 7.25. The maximum Gasteiger partial charge on any atom is 0.338 e. The van der Waals surface area contributed by atoms with Crippen LogP contribution in [-0.2, 0) is 26.6 Å². The number of esters is 1. The Morgan fingerprint density at radius 1 is 1.27 bits per heavy atom. The van der Waals surface area contributed by atoms with Crippen LogP contribution in [0.3, 0.4) is 0 Å². The Morgan fingerprint density at radius 3 is 2.82 bits per heavy atom. The number of hydrogen-bond donors (Lipinski definition) is 2. The Labute approximate surface area is 273 Å². The molecule has 2 aromatic carbocycles. The Bertz CT molecular complexity index is 1500. The summed E-state index contributed by atoms with van der Waals surface area (Å²) in [5.74, 6) is 0.531. The van der Waals surface area contributed by atoms with Crippen LogP contribution in [0.2, 0.25) is 5.02 Å². The Morgan fingerprint density at radius 2 is 2.09 bits per heavy atom. The van der Waals surface area contributed by atoms with Gasteiger partial charge in [-0.2, -0.15) is 0 Å². The average Bonchev–Trinajstić information content (AvgIpc) is 3.11. The lowest BCUT2D eigenvalue weighted by Crippen LogP contribution is -2.49. The van der Waals surface area contributed by atoms with Crippen molar-refractivity contribution in [2.24, 2.45) is 22.9 Å². The molecule has 2 aromatic rings. The third-order valence-corrected chi connectivity index (χ3v) is 11.0. The van der Waals surface area contributed by atoms with Gasteiger partial charge in [-0.05, 0) is 104 Å². The van der Waals surface area contributed by atoms with E-state index in [9.17, 15) is 18.3 Å². The van der Waals surface area contributed by atoms with E-state index in [-0.39, 0.29) is 34.9 Å². The molecule has 0 bridgehead atoms. The monoisotopic (exact) mass is 658 g/mol. The van der Waals surface area contributed by atoms with Crippen molar-refractivity contribution in [3.63, 3.8) is 0 Å². The Hall–Kier alpha value is -2.59. The van der Waals surface area contributed by atoms with E-state index in [1.807, 2.05) is 37.3 Å². The summed E-state index contributed by atoms with van der Waals surface area (Å²) in [6.07, 6.45) is 10.3. The summed E-state index contributed by atoms with van der Waals surface area (Å²) < 4.78 is 35.0. The molecule has 3 N–H and O–H groups in total. The number of carbonyl (C=O) groups excluding carboxylic acids is 1. The van der Waals surface area contributed by atoms with Crippen LogP contribution in [0.25, 0.3) is 0 Å². The first-order valence-corrected chi connectivity index (χ1v) is 18.4. The lowest BCUT2D eigenvalue weighted by molar-refractivity contribution is 0.0456. The van der Waals surface area contributed by atoms with Crippen molar-refractivity contribution < 1.29 is 27.8 Å². The number of nitrogens with zero attached hydrogens (tertiary/aromatic N) is 1. The van der Waals surface area contributed by atoms with Gasteiger partial charge in [-0.25, -0.2) is 18.4 Å². The Balaban J connectivity index is 1.39. The number of aliphatic hydroxyl groups is 1. The van der Waals surface area contributed by atoms with Gasteiger partial charge in [0.2, 0.25) is 10.0 Å². The van der Waals surface area contributed by atoms with Crippen LogP contribution in [0.1, 0.15) is 80.3 Å². The molecule has 8 nitrogen and oxygen atoms in total. The van der Waals surface area contributed by atoms with E-state index >= 15 is 0 Å². The van der Waals surface area contributed by atoms with E-state index in [0.717, 1.165) is 68.0 Å². The minimum absolute atomic E-state index is 0.0815. The highest BCUT2D eigenvalue weighted by Crippen LogP contribution is 2.46. The van der Waals surface area contributed by atoms with Crippen molar-refractivity contribution in [1.29, 1.82) is 0 Å². The first kappa shape index (κ1) is 33.8. The molecule has 1 fully saturated rings. The number of sulfonamides is 1. The number of fused-ring (bicyclic) bond motifs is 3. The maximum atomic E-state index is 13.0. The number of allylic oxidation sites excluding steroid dienone is 1. The molecule has 246 valence electrons. The minimum atomic E-state index is -3.53. The van der Waals surface area contributed by atoms with E-state index in [0.29, 0.717) is 31.7 Å². The van der Waals surface area contributed by atoms with Crippen molar-refractivity contribution in [3.8, 4) is 5.75 Å². The maximum absolute atomic E-state index is 13.0. The zero-order chi connectivity index (χ0) is 32.2. The van der Waals surface area contributed by atoms with Crippen molar-refractivity contribution in [3.05, 3.63) is 70.3 Å². The van der Waals surface area contributed by atoms with Crippen molar-refractivity contribution in [1.82, 2.24) is 0 Å². The number of anilines is 1. The van der Waals surface area contributed by atoms with Gasteiger partial charge < -0.3 is 19.5 Å². The third kappa shape index (κ3) is 8.23. The second kappa shape index (κ2) is 14.4. The predicted octanol–water partition coefficient (Wildman–Crippen LogP) is 6.03. The molecule has 0 saturated heterocycles. The fourth-order valence-corrected chi connectivity index (χ4v) is 8.37. The molecule has 10 heteroatoms. The molecule has 2 aliphatic carbocycles. The summed E-state index contributed by atoms with van der Waals surface area (Å²) in [6, 6.07) is 11.8. The number of primary sulfonamides is 1. The Kier molecular flexibility index (Phi) is 10.8. The minimum Gasteiger partial charge on any atom is -0.490 e.